The lowest BCUT2D eigenvalue weighted by atomic mass is 9.32. The Morgan fingerprint density at radius 3 is 2.25 bits per heavy atom. The number of carbonyl (C=O) groups excluding carboxylic acids is 2. The van der Waals surface area contributed by atoms with Crippen LogP contribution in [0.5, 0.6) is 0 Å². The van der Waals surface area contributed by atoms with Crippen LogP contribution < -0.4 is 0 Å². The standard InChI is InChI=1S/C30H46O2/c1-19(2)20-10-15-30(18-31)17-16-28(6)21(25(20)30)8-9-23-27(5)13-12-24(32)26(3,4)22(27)11-14-29(23,28)7/h18,20-23,25H,1,8-17H2,2-7H3/t20-,21-,22-,23+,25-,27+,28+,29-,30+/m0/s1. The number of carbonyl (C=O) groups is 2. The minimum Gasteiger partial charge on any atom is -0.303 e. The molecule has 178 valence electrons. The highest BCUT2D eigenvalue weighted by Crippen LogP contribution is 2.77. The monoisotopic (exact) mass is 438 g/mol. The SMILES string of the molecule is C=C(C)[C@@H]1CC[C@]2(C=O)CC[C@]3(C)[C@@H](CC[C@@H]4[C@]5(C)CCC(=O)C(C)(C)[C@@H]5CC[C@@]43C)[C@H]12. The molecular formula is C30H46O2. The lowest BCUT2D eigenvalue weighted by molar-refractivity contribution is -0.231. The smallest absolute Gasteiger partial charge is 0.138 e. The van der Waals surface area contributed by atoms with Crippen LogP contribution in [0, 0.1) is 56.7 Å². The molecule has 0 spiro atoms. The van der Waals surface area contributed by atoms with Gasteiger partial charge in [0.1, 0.15) is 12.1 Å². The molecule has 0 radical (unpaired) electrons. The van der Waals surface area contributed by atoms with E-state index in [0.29, 0.717) is 40.8 Å². The average Bonchev–Trinajstić information content (AvgIpc) is 3.12. The molecule has 5 fully saturated rings. The van der Waals surface area contributed by atoms with E-state index in [9.17, 15) is 9.59 Å². The normalized spacial score (nSPS) is 54.1. The van der Waals surface area contributed by atoms with Gasteiger partial charge in [-0.25, -0.2) is 0 Å². The molecular weight excluding hydrogens is 392 g/mol. The van der Waals surface area contributed by atoms with Gasteiger partial charge < -0.3 is 4.79 Å². The largest absolute Gasteiger partial charge is 0.303 e. The van der Waals surface area contributed by atoms with Crippen molar-refractivity contribution in [2.24, 2.45) is 56.7 Å². The van der Waals surface area contributed by atoms with Crippen LogP contribution >= 0.6 is 0 Å². The second-order valence-electron chi connectivity index (χ2n) is 14.2. The molecule has 5 aliphatic rings. The van der Waals surface area contributed by atoms with Gasteiger partial charge in [-0.05, 0) is 111 Å². The Labute approximate surface area is 196 Å². The summed E-state index contributed by atoms with van der Waals surface area (Å²) in [6.45, 7) is 18.9. The molecule has 0 unspecified atom stereocenters. The topological polar surface area (TPSA) is 34.1 Å². The molecule has 0 saturated heterocycles. The van der Waals surface area contributed by atoms with Crippen LogP contribution in [0.1, 0.15) is 106 Å². The third-order valence-corrected chi connectivity index (χ3v) is 13.1. The molecule has 0 aromatic heterocycles. The molecule has 0 bridgehead atoms. The van der Waals surface area contributed by atoms with Crippen molar-refractivity contribution in [3.05, 3.63) is 12.2 Å². The summed E-state index contributed by atoms with van der Waals surface area (Å²) in [4.78, 5) is 25.4. The summed E-state index contributed by atoms with van der Waals surface area (Å²) < 4.78 is 0. The zero-order valence-electron chi connectivity index (χ0n) is 21.6. The van der Waals surface area contributed by atoms with Crippen molar-refractivity contribution in [2.45, 2.75) is 106 Å². The van der Waals surface area contributed by atoms with Gasteiger partial charge in [-0.15, -0.1) is 0 Å². The number of fused-ring (bicyclic) bond motifs is 7. The summed E-state index contributed by atoms with van der Waals surface area (Å²) in [7, 11) is 0. The lowest BCUT2D eigenvalue weighted by Gasteiger charge is -2.72. The van der Waals surface area contributed by atoms with E-state index >= 15 is 0 Å². The first-order chi connectivity index (χ1) is 14.9. The van der Waals surface area contributed by atoms with Crippen LogP contribution in [0.4, 0.5) is 0 Å². The lowest BCUT2D eigenvalue weighted by Crippen LogP contribution is -2.66. The van der Waals surface area contributed by atoms with Gasteiger partial charge in [0.25, 0.3) is 0 Å². The summed E-state index contributed by atoms with van der Waals surface area (Å²) in [5, 5.41) is 0. The van der Waals surface area contributed by atoms with Crippen molar-refractivity contribution in [3.8, 4) is 0 Å². The van der Waals surface area contributed by atoms with E-state index in [0.717, 1.165) is 32.1 Å². The maximum absolute atomic E-state index is 12.9. The first-order valence-electron chi connectivity index (χ1n) is 13.5. The molecule has 0 N–H and O–H groups in total. The molecule has 5 aliphatic carbocycles. The molecule has 0 aromatic carbocycles. The van der Waals surface area contributed by atoms with E-state index in [1.54, 1.807) is 0 Å². The van der Waals surface area contributed by atoms with Crippen molar-refractivity contribution in [1.29, 1.82) is 0 Å². The number of Topliss-reactive ketones (excluding diaryl/α,β-unsaturated/α-hetero) is 1. The number of hydrogen-bond acceptors (Lipinski definition) is 2. The van der Waals surface area contributed by atoms with Crippen LogP contribution in [-0.4, -0.2) is 12.1 Å². The van der Waals surface area contributed by atoms with Crippen molar-refractivity contribution in [1.82, 2.24) is 0 Å². The number of rotatable bonds is 2. The fourth-order valence-electron chi connectivity index (χ4n) is 11.2. The summed E-state index contributed by atoms with van der Waals surface area (Å²) >= 11 is 0. The van der Waals surface area contributed by atoms with Crippen LogP contribution in [0.15, 0.2) is 12.2 Å². The number of hydrogen-bond donors (Lipinski definition) is 0. The summed E-state index contributed by atoms with van der Waals surface area (Å²) in [5.74, 6) is 3.34. The highest BCUT2D eigenvalue weighted by atomic mass is 16.1. The Morgan fingerprint density at radius 2 is 1.59 bits per heavy atom. The van der Waals surface area contributed by atoms with Gasteiger partial charge in [-0.1, -0.05) is 46.8 Å². The Morgan fingerprint density at radius 1 is 0.875 bits per heavy atom. The highest BCUT2D eigenvalue weighted by molar-refractivity contribution is 5.85. The third-order valence-electron chi connectivity index (χ3n) is 13.1. The van der Waals surface area contributed by atoms with E-state index < -0.39 is 0 Å². The van der Waals surface area contributed by atoms with Gasteiger partial charge >= 0.3 is 0 Å². The molecule has 0 aromatic rings. The summed E-state index contributed by atoms with van der Waals surface area (Å²) in [6, 6.07) is 0. The zero-order valence-corrected chi connectivity index (χ0v) is 21.6. The molecule has 0 heterocycles. The van der Waals surface area contributed by atoms with Crippen LogP contribution in [0.3, 0.4) is 0 Å². The van der Waals surface area contributed by atoms with E-state index in [2.05, 4.69) is 48.1 Å². The third kappa shape index (κ3) is 2.54. The zero-order chi connectivity index (χ0) is 23.3. The summed E-state index contributed by atoms with van der Waals surface area (Å²) in [6.07, 6.45) is 12.7. The molecule has 0 aliphatic heterocycles. The average molecular weight is 439 g/mol. The fraction of sp³-hybridized carbons (Fsp3) is 0.867. The number of allylic oxidation sites excluding steroid dienone is 1. The molecule has 2 heteroatoms. The number of ketones is 1. The quantitative estimate of drug-likeness (QED) is 0.332. The first kappa shape index (κ1) is 22.9. The van der Waals surface area contributed by atoms with Crippen LogP contribution in [0.2, 0.25) is 0 Å². The van der Waals surface area contributed by atoms with Crippen molar-refractivity contribution < 1.29 is 9.59 Å². The van der Waals surface area contributed by atoms with Gasteiger partial charge in [-0.2, -0.15) is 0 Å². The van der Waals surface area contributed by atoms with E-state index in [1.807, 2.05) is 0 Å². The van der Waals surface area contributed by atoms with Crippen LogP contribution in [-0.2, 0) is 9.59 Å². The Hall–Kier alpha value is -0.920. The van der Waals surface area contributed by atoms with Gasteiger partial charge in [-0.3, -0.25) is 4.79 Å². The van der Waals surface area contributed by atoms with Gasteiger partial charge in [0.2, 0.25) is 0 Å². The van der Waals surface area contributed by atoms with E-state index in [-0.39, 0.29) is 21.7 Å². The fourth-order valence-corrected chi connectivity index (χ4v) is 11.2. The summed E-state index contributed by atoms with van der Waals surface area (Å²) in [5.41, 5.74) is 1.87. The van der Waals surface area contributed by atoms with E-state index in [4.69, 9.17) is 0 Å². The highest BCUT2D eigenvalue weighted by Gasteiger charge is 2.70. The Kier molecular flexibility index (Phi) is 4.87. The predicted molar refractivity (Wildman–Crippen MR) is 130 cm³/mol. The predicted octanol–water partition coefficient (Wildman–Crippen LogP) is 7.41. The second kappa shape index (κ2) is 6.82. The maximum atomic E-state index is 12.9. The maximum Gasteiger partial charge on any atom is 0.138 e. The Balaban J connectivity index is 1.56. The second-order valence-corrected chi connectivity index (χ2v) is 14.2. The van der Waals surface area contributed by atoms with Gasteiger partial charge in [0.05, 0.1) is 0 Å². The molecule has 2 nitrogen and oxygen atoms in total. The van der Waals surface area contributed by atoms with Gasteiger partial charge in [0, 0.05) is 17.3 Å². The van der Waals surface area contributed by atoms with E-state index in [1.165, 1.54) is 44.0 Å². The molecule has 0 amide bonds. The first-order valence-corrected chi connectivity index (χ1v) is 13.5. The minimum atomic E-state index is -0.179. The molecule has 5 rings (SSSR count). The molecule has 9 atom stereocenters. The van der Waals surface area contributed by atoms with Crippen molar-refractivity contribution in [2.75, 3.05) is 0 Å². The van der Waals surface area contributed by atoms with Crippen LogP contribution in [0.25, 0.3) is 0 Å². The molecule has 5 saturated carbocycles. The van der Waals surface area contributed by atoms with Crippen molar-refractivity contribution in [3.63, 3.8) is 0 Å². The van der Waals surface area contributed by atoms with Crippen molar-refractivity contribution >= 4 is 12.1 Å². The molecule has 32 heavy (non-hydrogen) atoms. The minimum absolute atomic E-state index is 0.0999. The van der Waals surface area contributed by atoms with Gasteiger partial charge in [0.15, 0.2) is 0 Å². The number of aldehydes is 1. The Bertz CT molecular complexity index is 855.